The summed E-state index contributed by atoms with van der Waals surface area (Å²) in [6.45, 7) is 3.77. The summed E-state index contributed by atoms with van der Waals surface area (Å²) >= 11 is 0. The molecule has 140 valence electrons. The van der Waals surface area contributed by atoms with Crippen molar-refractivity contribution < 1.29 is 18.0 Å². The molecule has 4 rings (SSSR count). The van der Waals surface area contributed by atoms with Crippen LogP contribution in [0.4, 0.5) is 18.9 Å². The molecular weight excluding hydrogens is 357 g/mol. The zero-order valence-corrected chi connectivity index (χ0v) is 14.8. The van der Waals surface area contributed by atoms with Gasteiger partial charge in [0.1, 0.15) is 5.69 Å². The number of anilines is 1. The van der Waals surface area contributed by atoms with Gasteiger partial charge >= 0.3 is 6.18 Å². The van der Waals surface area contributed by atoms with Gasteiger partial charge in [-0.3, -0.25) is 4.79 Å². The van der Waals surface area contributed by atoms with Crippen molar-refractivity contribution in [2.75, 3.05) is 5.32 Å². The van der Waals surface area contributed by atoms with E-state index in [0.29, 0.717) is 15.9 Å². The second kappa shape index (κ2) is 6.07. The fourth-order valence-electron chi connectivity index (χ4n) is 2.97. The van der Waals surface area contributed by atoms with Crippen LogP contribution in [0.1, 0.15) is 51.8 Å². The fourth-order valence-corrected chi connectivity index (χ4v) is 2.97. The Morgan fingerprint density at radius 3 is 2.63 bits per heavy atom. The molecule has 2 aromatic heterocycles. The van der Waals surface area contributed by atoms with Crippen molar-refractivity contribution in [3.05, 3.63) is 58.5 Å². The first kappa shape index (κ1) is 17.5. The van der Waals surface area contributed by atoms with Crippen molar-refractivity contribution in [2.24, 2.45) is 0 Å². The van der Waals surface area contributed by atoms with E-state index in [2.05, 4.69) is 15.4 Å². The number of hydrogen-bond acceptors (Lipinski definition) is 3. The Labute approximate surface area is 153 Å². The Morgan fingerprint density at radius 2 is 1.96 bits per heavy atom. The number of nitrogens with one attached hydrogen (secondary N) is 1. The second-order valence-electron chi connectivity index (χ2n) is 6.84. The van der Waals surface area contributed by atoms with Crippen LogP contribution >= 0.6 is 0 Å². The summed E-state index contributed by atoms with van der Waals surface area (Å²) in [6, 6.07) is 7.77. The minimum Gasteiger partial charge on any atom is -0.320 e. The number of alkyl halides is 3. The second-order valence-corrected chi connectivity index (χ2v) is 6.84. The molecule has 1 fully saturated rings. The quantitative estimate of drug-likeness (QED) is 0.735. The molecule has 2 heterocycles. The molecule has 0 aliphatic heterocycles. The molecular formula is C19H17F3N4O. The van der Waals surface area contributed by atoms with Gasteiger partial charge in [-0.15, -0.1) is 0 Å². The van der Waals surface area contributed by atoms with Gasteiger partial charge in [0.2, 0.25) is 0 Å². The van der Waals surface area contributed by atoms with Gasteiger partial charge in [0, 0.05) is 23.4 Å². The third-order valence-corrected chi connectivity index (χ3v) is 4.82. The molecule has 0 saturated heterocycles. The summed E-state index contributed by atoms with van der Waals surface area (Å²) in [5.74, 6) is -0.520. The van der Waals surface area contributed by atoms with Crippen LogP contribution in [0.15, 0.2) is 30.3 Å². The van der Waals surface area contributed by atoms with Gasteiger partial charge in [0.25, 0.3) is 5.91 Å². The van der Waals surface area contributed by atoms with Gasteiger partial charge in [-0.25, -0.2) is 9.50 Å². The van der Waals surface area contributed by atoms with Gasteiger partial charge < -0.3 is 5.32 Å². The lowest BCUT2D eigenvalue weighted by molar-refractivity contribution is -0.142. The number of fused-ring (bicyclic) bond motifs is 1. The molecule has 1 saturated carbocycles. The van der Waals surface area contributed by atoms with Crippen LogP contribution in [-0.4, -0.2) is 20.5 Å². The minimum atomic E-state index is -4.59. The zero-order valence-electron chi connectivity index (χ0n) is 14.8. The number of carbonyl (C=O) groups is 1. The maximum Gasteiger partial charge on any atom is 0.433 e. The SMILES string of the molecule is Cc1cccc(NC(=O)c2cc3nc(C4CC4)cc(C(F)(F)F)n3n2)c1C. The number of benzene rings is 1. The van der Waals surface area contributed by atoms with E-state index in [0.717, 1.165) is 30.0 Å². The standard InChI is InChI=1S/C19H17F3N4O/c1-10-4-3-5-13(11(10)2)24-18(27)15-9-17-23-14(12-6-7-12)8-16(19(20,21)22)26(17)25-15/h3-5,8-9,12H,6-7H2,1-2H3,(H,24,27). The van der Waals surface area contributed by atoms with E-state index < -0.39 is 17.8 Å². The van der Waals surface area contributed by atoms with Crippen molar-refractivity contribution in [2.45, 2.75) is 38.8 Å². The minimum absolute atomic E-state index is 0.0258. The molecule has 0 radical (unpaired) electrons. The van der Waals surface area contributed by atoms with Gasteiger partial charge in [-0.2, -0.15) is 18.3 Å². The number of aryl methyl sites for hydroxylation is 1. The normalized spacial score (nSPS) is 14.6. The molecule has 3 aromatic rings. The lowest BCUT2D eigenvalue weighted by Gasteiger charge is -2.10. The van der Waals surface area contributed by atoms with Crippen LogP contribution in [-0.2, 0) is 6.18 Å². The van der Waals surface area contributed by atoms with Gasteiger partial charge in [0.05, 0.1) is 0 Å². The number of rotatable bonds is 3. The van der Waals surface area contributed by atoms with Crippen LogP contribution in [0.2, 0.25) is 0 Å². The maximum atomic E-state index is 13.4. The van der Waals surface area contributed by atoms with E-state index >= 15 is 0 Å². The van der Waals surface area contributed by atoms with Crippen LogP contribution in [0, 0.1) is 13.8 Å². The number of halogens is 3. The molecule has 8 heteroatoms. The summed E-state index contributed by atoms with van der Waals surface area (Å²) in [5.41, 5.74) is 1.88. The first-order valence-electron chi connectivity index (χ1n) is 8.59. The maximum absolute atomic E-state index is 13.4. The molecule has 0 spiro atoms. The Bertz CT molecular complexity index is 1050. The third-order valence-electron chi connectivity index (χ3n) is 4.82. The van der Waals surface area contributed by atoms with Crippen LogP contribution in [0.25, 0.3) is 5.65 Å². The first-order chi connectivity index (χ1) is 12.7. The highest BCUT2D eigenvalue weighted by Crippen LogP contribution is 2.41. The average molecular weight is 374 g/mol. The predicted octanol–water partition coefficient (Wildman–Crippen LogP) is 4.49. The molecule has 27 heavy (non-hydrogen) atoms. The summed E-state index contributed by atoms with van der Waals surface area (Å²) in [6.07, 6.45) is -2.93. The van der Waals surface area contributed by atoms with E-state index in [1.807, 2.05) is 19.9 Å². The van der Waals surface area contributed by atoms with E-state index in [4.69, 9.17) is 0 Å². The highest BCUT2D eigenvalue weighted by atomic mass is 19.4. The summed E-state index contributed by atoms with van der Waals surface area (Å²) in [5, 5.41) is 6.58. The molecule has 1 aliphatic rings. The molecule has 1 aliphatic carbocycles. The molecule has 1 aromatic carbocycles. The molecule has 1 amide bonds. The Hall–Kier alpha value is -2.90. The highest BCUT2D eigenvalue weighted by Gasteiger charge is 2.37. The van der Waals surface area contributed by atoms with Crippen molar-refractivity contribution in [3.63, 3.8) is 0 Å². The lowest BCUT2D eigenvalue weighted by Crippen LogP contribution is -2.16. The van der Waals surface area contributed by atoms with Gasteiger partial charge in [0.15, 0.2) is 11.3 Å². The molecule has 0 unspecified atom stereocenters. The zero-order chi connectivity index (χ0) is 19.3. The van der Waals surface area contributed by atoms with Gasteiger partial charge in [-0.1, -0.05) is 12.1 Å². The number of nitrogens with zero attached hydrogens (tertiary/aromatic N) is 3. The van der Waals surface area contributed by atoms with Crippen molar-refractivity contribution in [3.8, 4) is 0 Å². The summed E-state index contributed by atoms with van der Waals surface area (Å²) < 4.78 is 41.0. The molecule has 0 bridgehead atoms. The van der Waals surface area contributed by atoms with Crippen molar-refractivity contribution in [1.82, 2.24) is 14.6 Å². The van der Waals surface area contributed by atoms with E-state index in [-0.39, 0.29) is 17.3 Å². The molecule has 5 nitrogen and oxygen atoms in total. The Morgan fingerprint density at radius 1 is 1.22 bits per heavy atom. The number of aromatic nitrogens is 3. The van der Waals surface area contributed by atoms with Gasteiger partial charge in [-0.05, 0) is 49.9 Å². The van der Waals surface area contributed by atoms with Crippen molar-refractivity contribution >= 4 is 17.2 Å². The van der Waals surface area contributed by atoms with E-state index in [1.165, 1.54) is 6.07 Å². The first-order valence-corrected chi connectivity index (χ1v) is 8.59. The summed E-state index contributed by atoms with van der Waals surface area (Å²) in [7, 11) is 0. The predicted molar refractivity (Wildman–Crippen MR) is 93.8 cm³/mol. The topological polar surface area (TPSA) is 59.3 Å². The Balaban J connectivity index is 1.74. The fraction of sp³-hybridized carbons (Fsp3) is 0.316. The molecule has 1 N–H and O–H groups in total. The smallest absolute Gasteiger partial charge is 0.320 e. The molecule has 0 atom stereocenters. The van der Waals surface area contributed by atoms with Crippen LogP contribution in [0.3, 0.4) is 0 Å². The summed E-state index contributed by atoms with van der Waals surface area (Å²) in [4.78, 5) is 16.8. The van der Waals surface area contributed by atoms with E-state index in [1.54, 1.807) is 12.1 Å². The third kappa shape index (κ3) is 3.27. The number of hydrogen-bond donors (Lipinski definition) is 1. The van der Waals surface area contributed by atoms with Crippen LogP contribution < -0.4 is 5.32 Å². The lowest BCUT2D eigenvalue weighted by atomic mass is 10.1. The van der Waals surface area contributed by atoms with E-state index in [9.17, 15) is 18.0 Å². The highest BCUT2D eigenvalue weighted by molar-refractivity contribution is 6.04. The van der Waals surface area contributed by atoms with Crippen LogP contribution in [0.5, 0.6) is 0 Å². The monoisotopic (exact) mass is 374 g/mol. The number of amides is 1. The number of carbonyl (C=O) groups excluding carboxylic acids is 1. The largest absolute Gasteiger partial charge is 0.433 e. The van der Waals surface area contributed by atoms with Crippen molar-refractivity contribution in [1.29, 1.82) is 0 Å². The average Bonchev–Trinajstić information content (AvgIpc) is 3.36. The Kier molecular flexibility index (Phi) is 3.94.